The highest BCUT2D eigenvalue weighted by Gasteiger charge is 2.06. The lowest BCUT2D eigenvalue weighted by Gasteiger charge is -2.13. The summed E-state index contributed by atoms with van der Waals surface area (Å²) in [5.41, 5.74) is 4.88. The Hall–Kier alpha value is -3.80. The van der Waals surface area contributed by atoms with Gasteiger partial charge in [0.05, 0.1) is 12.9 Å². The zero-order chi connectivity index (χ0) is 22.0. The van der Waals surface area contributed by atoms with Gasteiger partial charge in [-0.05, 0) is 41.3 Å². The van der Waals surface area contributed by atoms with Crippen LogP contribution in [0.1, 0.15) is 18.1 Å². The van der Waals surface area contributed by atoms with Crippen LogP contribution in [0, 0.1) is 0 Å². The van der Waals surface area contributed by atoms with Crippen molar-refractivity contribution in [3.05, 3.63) is 103 Å². The second-order valence-electron chi connectivity index (χ2n) is 7.63. The van der Waals surface area contributed by atoms with Crippen molar-refractivity contribution in [3.8, 4) is 11.1 Å². The van der Waals surface area contributed by atoms with Crippen LogP contribution in [0.15, 0.2) is 96.8 Å². The van der Waals surface area contributed by atoms with Gasteiger partial charge in [-0.25, -0.2) is 9.98 Å². The molecule has 0 aliphatic carbocycles. The number of aliphatic imine (C=N–C) groups is 1. The Morgan fingerprint density at radius 2 is 1.72 bits per heavy atom. The lowest BCUT2D eigenvalue weighted by molar-refractivity contribution is 0.666. The Bertz CT molecular complexity index is 1100. The van der Waals surface area contributed by atoms with Gasteiger partial charge in [-0.1, -0.05) is 48.5 Å². The topological polar surface area (TPSA) is 59.2 Å². The molecule has 0 aliphatic rings. The lowest BCUT2D eigenvalue weighted by Crippen LogP contribution is -2.38. The smallest absolute Gasteiger partial charge is 0.191 e. The summed E-state index contributed by atoms with van der Waals surface area (Å²) in [6.07, 6.45) is 9.78. The summed E-state index contributed by atoms with van der Waals surface area (Å²) < 4.78 is 4.23. The van der Waals surface area contributed by atoms with E-state index in [1.54, 1.807) is 0 Å². The minimum absolute atomic E-state index is 0.617. The maximum absolute atomic E-state index is 4.83. The van der Waals surface area contributed by atoms with E-state index < -0.39 is 0 Å². The summed E-state index contributed by atoms with van der Waals surface area (Å²) >= 11 is 0. The summed E-state index contributed by atoms with van der Waals surface area (Å²) in [5, 5.41) is 6.77. The Morgan fingerprint density at radius 1 is 0.906 bits per heavy atom. The summed E-state index contributed by atoms with van der Waals surface area (Å²) in [5.74, 6) is 0.838. The van der Waals surface area contributed by atoms with Gasteiger partial charge in [0.2, 0.25) is 0 Å². The second kappa shape index (κ2) is 11.0. The van der Waals surface area contributed by atoms with Gasteiger partial charge in [0, 0.05) is 51.0 Å². The summed E-state index contributed by atoms with van der Waals surface area (Å²) in [7, 11) is 0. The molecule has 6 nitrogen and oxygen atoms in total. The molecule has 164 valence electrons. The first kappa shape index (κ1) is 21.4. The van der Waals surface area contributed by atoms with Crippen molar-refractivity contribution in [1.82, 2.24) is 24.8 Å². The molecule has 2 heterocycles. The van der Waals surface area contributed by atoms with Crippen molar-refractivity contribution in [1.29, 1.82) is 0 Å². The Kier molecular flexibility index (Phi) is 7.37. The molecule has 4 rings (SSSR count). The Labute approximate surface area is 189 Å². The van der Waals surface area contributed by atoms with E-state index in [0.717, 1.165) is 32.1 Å². The summed E-state index contributed by atoms with van der Waals surface area (Å²) in [4.78, 5) is 8.94. The average molecular weight is 427 g/mol. The molecule has 0 bridgehead atoms. The number of hydrogen-bond acceptors (Lipinski definition) is 2. The van der Waals surface area contributed by atoms with Gasteiger partial charge >= 0.3 is 0 Å². The molecule has 4 aromatic rings. The lowest BCUT2D eigenvalue weighted by atomic mass is 9.98. The van der Waals surface area contributed by atoms with Crippen LogP contribution in [0.25, 0.3) is 11.1 Å². The van der Waals surface area contributed by atoms with E-state index in [9.17, 15) is 0 Å². The number of nitrogens with one attached hydrogen (secondary N) is 2. The van der Waals surface area contributed by atoms with E-state index in [2.05, 4.69) is 92.6 Å². The molecule has 0 saturated heterocycles. The van der Waals surface area contributed by atoms with Gasteiger partial charge in [-0.3, -0.25) is 0 Å². The highest BCUT2D eigenvalue weighted by atomic mass is 15.2. The van der Waals surface area contributed by atoms with Crippen molar-refractivity contribution in [2.75, 3.05) is 13.1 Å². The molecule has 6 heteroatoms. The number of imidazole rings is 1. The number of nitrogens with zero attached hydrogens (tertiary/aromatic N) is 4. The third kappa shape index (κ3) is 5.88. The molecule has 2 aromatic heterocycles. The maximum Gasteiger partial charge on any atom is 0.191 e. The molecule has 2 N–H and O–H groups in total. The van der Waals surface area contributed by atoms with Crippen LogP contribution in [0.3, 0.4) is 0 Å². The molecular weight excluding hydrogens is 396 g/mol. The van der Waals surface area contributed by atoms with Crippen LogP contribution < -0.4 is 10.6 Å². The molecular formula is C26H30N6. The van der Waals surface area contributed by atoms with Crippen LogP contribution in [0.4, 0.5) is 0 Å². The van der Waals surface area contributed by atoms with Crippen molar-refractivity contribution >= 4 is 5.96 Å². The number of benzene rings is 2. The van der Waals surface area contributed by atoms with Crippen molar-refractivity contribution < 1.29 is 0 Å². The van der Waals surface area contributed by atoms with E-state index in [1.165, 1.54) is 22.3 Å². The Balaban J connectivity index is 1.43. The highest BCUT2D eigenvalue weighted by Crippen LogP contribution is 2.25. The number of rotatable bonds is 9. The van der Waals surface area contributed by atoms with Crippen molar-refractivity contribution in [2.45, 2.75) is 26.6 Å². The molecule has 0 atom stereocenters. The zero-order valence-electron chi connectivity index (χ0n) is 18.5. The van der Waals surface area contributed by atoms with Crippen LogP contribution in [-0.2, 0) is 19.6 Å². The van der Waals surface area contributed by atoms with E-state index in [0.29, 0.717) is 6.54 Å². The van der Waals surface area contributed by atoms with E-state index in [-0.39, 0.29) is 0 Å². The molecule has 2 aromatic carbocycles. The number of hydrogen-bond donors (Lipinski definition) is 2. The van der Waals surface area contributed by atoms with Crippen molar-refractivity contribution in [3.63, 3.8) is 0 Å². The van der Waals surface area contributed by atoms with E-state index in [4.69, 9.17) is 4.99 Å². The molecule has 0 aliphatic heterocycles. The van der Waals surface area contributed by atoms with Crippen LogP contribution in [-0.4, -0.2) is 33.2 Å². The van der Waals surface area contributed by atoms with Crippen LogP contribution >= 0.6 is 0 Å². The normalized spacial score (nSPS) is 11.5. The predicted octanol–water partition coefficient (Wildman–Crippen LogP) is 4.16. The van der Waals surface area contributed by atoms with Crippen molar-refractivity contribution in [2.24, 2.45) is 4.99 Å². The average Bonchev–Trinajstić information content (AvgIpc) is 3.53. The number of aromatic nitrogens is 3. The van der Waals surface area contributed by atoms with E-state index >= 15 is 0 Å². The first-order chi connectivity index (χ1) is 15.8. The third-order valence-electron chi connectivity index (χ3n) is 5.29. The second-order valence-corrected chi connectivity index (χ2v) is 7.63. The maximum atomic E-state index is 4.83. The van der Waals surface area contributed by atoms with Gasteiger partial charge in [-0.15, -0.1) is 0 Å². The van der Waals surface area contributed by atoms with Crippen LogP contribution in [0.2, 0.25) is 0 Å². The van der Waals surface area contributed by atoms with E-state index in [1.807, 2.05) is 30.9 Å². The molecule has 32 heavy (non-hydrogen) atoms. The highest BCUT2D eigenvalue weighted by molar-refractivity contribution is 5.80. The molecule has 0 unspecified atom stereocenters. The summed E-state index contributed by atoms with van der Waals surface area (Å²) in [6, 6.07) is 21.3. The van der Waals surface area contributed by atoms with Gasteiger partial charge in [0.15, 0.2) is 5.96 Å². The minimum atomic E-state index is 0.617. The molecule has 0 amide bonds. The predicted molar refractivity (Wildman–Crippen MR) is 130 cm³/mol. The van der Waals surface area contributed by atoms with Gasteiger partial charge in [-0.2, -0.15) is 0 Å². The fourth-order valence-electron chi connectivity index (χ4n) is 3.65. The fraction of sp³-hybridized carbons (Fsp3) is 0.231. The largest absolute Gasteiger partial charge is 0.357 e. The third-order valence-corrected chi connectivity index (χ3v) is 5.29. The first-order valence-electron chi connectivity index (χ1n) is 11.1. The molecule has 0 radical (unpaired) electrons. The Morgan fingerprint density at radius 3 is 2.47 bits per heavy atom. The fourth-order valence-corrected chi connectivity index (χ4v) is 3.65. The van der Waals surface area contributed by atoms with Gasteiger partial charge < -0.3 is 19.8 Å². The standard InChI is InChI=1S/C26H30N6/c1-2-28-26(29-14-18-31-15-5-6-16-31)30-19-24-7-3-4-8-25(24)23-11-9-22(10-12-23)20-32-17-13-27-21-32/h3-13,15-17,21H,2,14,18-20H2,1H3,(H2,28,29,30). The molecule has 0 saturated carbocycles. The SMILES string of the molecule is CCNC(=NCc1ccccc1-c1ccc(Cn2ccnc2)cc1)NCCn1cccc1. The minimum Gasteiger partial charge on any atom is -0.357 e. The monoisotopic (exact) mass is 426 g/mol. The van der Waals surface area contributed by atoms with Gasteiger partial charge in [0.1, 0.15) is 0 Å². The molecule has 0 spiro atoms. The quantitative estimate of drug-likeness (QED) is 0.312. The first-order valence-corrected chi connectivity index (χ1v) is 11.1. The van der Waals surface area contributed by atoms with Crippen LogP contribution in [0.5, 0.6) is 0 Å². The summed E-state index contributed by atoms with van der Waals surface area (Å²) in [6.45, 7) is 6.08. The number of guanidine groups is 1. The van der Waals surface area contributed by atoms with Gasteiger partial charge in [0.25, 0.3) is 0 Å². The zero-order valence-corrected chi connectivity index (χ0v) is 18.5. The molecule has 0 fully saturated rings.